The molecule has 3 aliphatic carbocycles. The summed E-state index contributed by atoms with van der Waals surface area (Å²) < 4.78 is 6.15. The van der Waals surface area contributed by atoms with Crippen LogP contribution in [0.1, 0.15) is 79.9 Å². The highest BCUT2D eigenvalue weighted by molar-refractivity contribution is 6.09. The second-order valence-electron chi connectivity index (χ2n) is 11.0. The van der Waals surface area contributed by atoms with Gasteiger partial charge in [-0.1, -0.05) is 31.7 Å². The summed E-state index contributed by atoms with van der Waals surface area (Å²) in [6, 6.07) is 13.4. The number of rotatable bonds is 8. The quantitative estimate of drug-likeness (QED) is 0.413. The Hall–Kier alpha value is -3.14. The zero-order valence-electron chi connectivity index (χ0n) is 21.0. The van der Waals surface area contributed by atoms with Crippen molar-refractivity contribution >= 4 is 17.3 Å². The Bertz CT molecular complexity index is 1220. The van der Waals surface area contributed by atoms with E-state index in [4.69, 9.17) is 14.8 Å². The van der Waals surface area contributed by atoms with Crippen LogP contribution < -0.4 is 4.74 Å². The van der Waals surface area contributed by atoms with E-state index in [-0.39, 0.29) is 11.0 Å². The zero-order chi connectivity index (χ0) is 24.8. The molecule has 2 aromatic rings. The third kappa shape index (κ3) is 4.24. The van der Waals surface area contributed by atoms with E-state index < -0.39 is 5.97 Å². The van der Waals surface area contributed by atoms with Crippen LogP contribution in [0.3, 0.4) is 0 Å². The monoisotopic (exact) mass is 469 g/mol. The zero-order valence-corrected chi connectivity index (χ0v) is 21.0. The highest BCUT2D eigenvalue weighted by atomic mass is 16.5. The standard InChI is InChI=1S/C31H35NO3/c1-5-27(22-7-9-23(10-8-22)29(33)34)32-18-21(4)24-11-12-28(35-6-2)26(13-24)31-15-20(3)14-30(19-31)16-25(30)17-31/h5,7-13,18,20,25H,1,6,14-17,19H2,2-4H3,(H,33,34)/b21-18+,32-27+. The maximum atomic E-state index is 11.1. The highest BCUT2D eigenvalue weighted by Crippen LogP contribution is 2.76. The van der Waals surface area contributed by atoms with Crippen LogP contribution in [-0.2, 0) is 5.41 Å². The third-order valence-electron chi connectivity index (χ3n) is 8.50. The second-order valence-corrected chi connectivity index (χ2v) is 11.0. The fourth-order valence-corrected chi connectivity index (χ4v) is 7.12. The number of fused-ring (bicyclic) bond motifs is 1. The molecule has 4 unspecified atom stereocenters. The van der Waals surface area contributed by atoms with E-state index in [1.165, 1.54) is 43.2 Å². The molecule has 0 aromatic heterocycles. The first kappa shape index (κ1) is 23.6. The predicted octanol–water partition coefficient (Wildman–Crippen LogP) is 7.29. The number of nitrogens with zero attached hydrogens (tertiary/aromatic N) is 1. The number of aliphatic imine (C=N–C) groups is 1. The first-order valence-electron chi connectivity index (χ1n) is 12.8. The SMILES string of the molecule is C=C/C(=N\C=C(/C)c1ccc(OCC)c(C23CC(C)CC4(CC4C2)C3)c1)c1ccc(C(=O)O)cc1. The minimum Gasteiger partial charge on any atom is -0.494 e. The number of carboxylic acid groups (broad SMARTS) is 1. The van der Waals surface area contributed by atoms with Gasteiger partial charge in [0.2, 0.25) is 0 Å². The average Bonchev–Trinajstić information content (AvgIpc) is 3.40. The summed E-state index contributed by atoms with van der Waals surface area (Å²) in [7, 11) is 0. The van der Waals surface area contributed by atoms with E-state index in [9.17, 15) is 4.79 Å². The Morgan fingerprint density at radius 2 is 1.83 bits per heavy atom. The van der Waals surface area contributed by atoms with Crippen LogP contribution in [0.15, 0.2) is 66.3 Å². The minimum atomic E-state index is -0.937. The van der Waals surface area contributed by atoms with Gasteiger partial charge in [-0.15, -0.1) is 0 Å². The van der Waals surface area contributed by atoms with Gasteiger partial charge in [-0.05, 0) is 105 Å². The molecule has 0 radical (unpaired) electrons. The van der Waals surface area contributed by atoms with Crippen molar-refractivity contribution in [2.75, 3.05) is 6.61 Å². The molecule has 2 aromatic carbocycles. The molecule has 1 N–H and O–H groups in total. The van der Waals surface area contributed by atoms with Crippen molar-refractivity contribution in [3.05, 3.63) is 83.6 Å². The van der Waals surface area contributed by atoms with E-state index >= 15 is 0 Å². The summed E-state index contributed by atoms with van der Waals surface area (Å²) in [5.41, 5.74) is 6.28. The lowest BCUT2D eigenvalue weighted by atomic mass is 9.63. The van der Waals surface area contributed by atoms with E-state index in [0.29, 0.717) is 17.7 Å². The molecule has 3 fully saturated rings. The molecule has 1 spiro atoms. The molecule has 35 heavy (non-hydrogen) atoms. The maximum absolute atomic E-state index is 11.1. The van der Waals surface area contributed by atoms with Gasteiger partial charge in [0.05, 0.1) is 17.9 Å². The Morgan fingerprint density at radius 1 is 1.11 bits per heavy atom. The molecule has 3 aliphatic rings. The molecule has 0 aliphatic heterocycles. The van der Waals surface area contributed by atoms with E-state index in [1.54, 1.807) is 30.3 Å². The predicted molar refractivity (Wildman–Crippen MR) is 141 cm³/mol. The second kappa shape index (κ2) is 8.82. The van der Waals surface area contributed by atoms with Gasteiger partial charge < -0.3 is 9.84 Å². The average molecular weight is 470 g/mol. The number of hydrogen-bond acceptors (Lipinski definition) is 3. The van der Waals surface area contributed by atoms with Gasteiger partial charge >= 0.3 is 5.97 Å². The van der Waals surface area contributed by atoms with Crippen LogP contribution in [-0.4, -0.2) is 23.4 Å². The van der Waals surface area contributed by atoms with Gasteiger partial charge in [0.15, 0.2) is 0 Å². The summed E-state index contributed by atoms with van der Waals surface area (Å²) in [6.45, 7) is 11.2. The van der Waals surface area contributed by atoms with Gasteiger partial charge in [-0.3, -0.25) is 4.99 Å². The largest absolute Gasteiger partial charge is 0.494 e. The van der Waals surface area contributed by atoms with Gasteiger partial charge in [-0.25, -0.2) is 4.79 Å². The molecule has 4 heteroatoms. The summed E-state index contributed by atoms with van der Waals surface area (Å²) in [5, 5.41) is 9.14. The summed E-state index contributed by atoms with van der Waals surface area (Å²) in [6.07, 6.45) is 10.3. The van der Waals surface area contributed by atoms with E-state index in [0.717, 1.165) is 28.7 Å². The summed E-state index contributed by atoms with van der Waals surface area (Å²) in [5.74, 6) is 1.77. The van der Waals surface area contributed by atoms with Crippen molar-refractivity contribution in [1.82, 2.24) is 0 Å². The molecule has 4 nitrogen and oxygen atoms in total. The van der Waals surface area contributed by atoms with E-state index in [1.807, 2.05) is 6.20 Å². The fourth-order valence-electron chi connectivity index (χ4n) is 7.12. The van der Waals surface area contributed by atoms with Gasteiger partial charge in [0.25, 0.3) is 0 Å². The first-order chi connectivity index (χ1) is 16.8. The molecular formula is C31H35NO3. The molecule has 0 heterocycles. The lowest BCUT2D eigenvalue weighted by molar-refractivity contribution is 0.0697. The lowest BCUT2D eigenvalue weighted by Crippen LogP contribution is -2.33. The number of carbonyl (C=O) groups is 1. The molecule has 5 rings (SSSR count). The molecule has 182 valence electrons. The first-order valence-corrected chi connectivity index (χ1v) is 12.8. The highest BCUT2D eigenvalue weighted by Gasteiger charge is 2.68. The summed E-state index contributed by atoms with van der Waals surface area (Å²) in [4.78, 5) is 15.8. The van der Waals surface area contributed by atoms with E-state index in [2.05, 4.69) is 45.5 Å². The Morgan fingerprint density at radius 3 is 2.51 bits per heavy atom. The van der Waals surface area contributed by atoms with Crippen molar-refractivity contribution < 1.29 is 14.6 Å². The third-order valence-corrected chi connectivity index (χ3v) is 8.50. The number of aromatic carboxylic acids is 1. The minimum absolute atomic E-state index is 0.239. The lowest BCUT2D eigenvalue weighted by Gasteiger charge is -2.41. The number of carboxylic acids is 1. The Labute approximate surface area is 208 Å². The van der Waals surface area contributed by atoms with Gasteiger partial charge in [-0.2, -0.15) is 0 Å². The molecule has 2 bridgehead atoms. The van der Waals surface area contributed by atoms with Crippen LogP contribution in [0.4, 0.5) is 0 Å². The molecule has 0 amide bonds. The van der Waals surface area contributed by atoms with Crippen LogP contribution >= 0.6 is 0 Å². The number of allylic oxidation sites excluding steroid dienone is 2. The van der Waals surface area contributed by atoms with Crippen molar-refractivity contribution in [1.29, 1.82) is 0 Å². The van der Waals surface area contributed by atoms with Crippen molar-refractivity contribution in [3.63, 3.8) is 0 Å². The maximum Gasteiger partial charge on any atom is 0.335 e. The smallest absolute Gasteiger partial charge is 0.335 e. The molecule has 3 saturated carbocycles. The molecule has 4 atom stereocenters. The van der Waals surface area contributed by atoms with Crippen LogP contribution in [0.25, 0.3) is 5.57 Å². The number of benzene rings is 2. The Balaban J connectivity index is 1.47. The van der Waals surface area contributed by atoms with Crippen molar-refractivity contribution in [2.24, 2.45) is 22.2 Å². The number of ether oxygens (including phenoxy) is 1. The van der Waals surface area contributed by atoms with Crippen molar-refractivity contribution in [2.45, 2.75) is 58.3 Å². The molecular weight excluding hydrogens is 434 g/mol. The van der Waals surface area contributed by atoms with Crippen LogP contribution in [0.2, 0.25) is 0 Å². The van der Waals surface area contributed by atoms with Crippen LogP contribution in [0, 0.1) is 17.3 Å². The number of hydrogen-bond donors (Lipinski definition) is 1. The Kier molecular flexibility index (Phi) is 5.94. The summed E-state index contributed by atoms with van der Waals surface area (Å²) >= 11 is 0. The fraction of sp³-hybridized carbons (Fsp3) is 0.419. The topological polar surface area (TPSA) is 58.9 Å². The van der Waals surface area contributed by atoms with Gasteiger partial charge in [0.1, 0.15) is 5.75 Å². The van der Waals surface area contributed by atoms with Crippen molar-refractivity contribution in [3.8, 4) is 5.75 Å². The normalized spacial score (nSPS) is 29.5. The van der Waals surface area contributed by atoms with Crippen LogP contribution in [0.5, 0.6) is 5.75 Å². The van der Waals surface area contributed by atoms with Gasteiger partial charge in [0, 0.05) is 22.7 Å². The molecule has 0 saturated heterocycles.